The topological polar surface area (TPSA) is 37.3 Å². The molecule has 1 N–H and O–H groups in total. The minimum absolute atomic E-state index is 0.205. The summed E-state index contributed by atoms with van der Waals surface area (Å²) < 4.78 is 0. The van der Waals surface area contributed by atoms with Crippen LogP contribution in [0.1, 0.15) is 16.8 Å². The maximum absolute atomic E-state index is 10.6. The quantitative estimate of drug-likeness (QED) is 0.444. The summed E-state index contributed by atoms with van der Waals surface area (Å²) in [6.45, 7) is 0.205. The number of aliphatic hydroxyl groups excluding tert-OH is 1. The third-order valence-corrected chi connectivity index (χ3v) is 2.78. The molecule has 0 aliphatic carbocycles. The zero-order chi connectivity index (χ0) is 9.52. The molecule has 0 atom stereocenters. The zero-order valence-corrected chi connectivity index (χ0v) is 8.09. The molecule has 0 saturated heterocycles. The number of thioether (sulfide) groups is 1. The summed E-state index contributed by atoms with van der Waals surface area (Å²) in [6.07, 6.45) is 1.62. The summed E-state index contributed by atoms with van der Waals surface area (Å²) in [7, 11) is 0. The van der Waals surface area contributed by atoms with E-state index in [1.165, 1.54) is 0 Å². The first-order valence-corrected chi connectivity index (χ1v) is 5.15. The molecular formula is C10H12O2S. The fourth-order valence-corrected chi connectivity index (χ4v) is 1.91. The average Bonchev–Trinajstić information content (AvgIpc) is 2.19. The molecule has 13 heavy (non-hydrogen) atoms. The predicted octanol–water partition coefficient (Wildman–Crippen LogP) is 1.97. The van der Waals surface area contributed by atoms with Crippen LogP contribution >= 0.6 is 11.8 Å². The van der Waals surface area contributed by atoms with E-state index in [0.29, 0.717) is 0 Å². The molecule has 0 spiro atoms. The van der Waals surface area contributed by atoms with Crippen molar-refractivity contribution in [2.24, 2.45) is 0 Å². The van der Waals surface area contributed by atoms with E-state index in [1.807, 2.05) is 18.2 Å². The molecule has 1 aromatic carbocycles. The van der Waals surface area contributed by atoms with Crippen LogP contribution in [-0.2, 0) is 0 Å². The molecule has 2 nitrogen and oxygen atoms in total. The summed E-state index contributed by atoms with van der Waals surface area (Å²) in [5.41, 5.74) is 0.727. The molecule has 1 rings (SSSR count). The van der Waals surface area contributed by atoms with E-state index in [0.717, 1.165) is 28.9 Å². The smallest absolute Gasteiger partial charge is 0.151 e. The van der Waals surface area contributed by atoms with Crippen molar-refractivity contribution in [1.82, 2.24) is 0 Å². The molecule has 0 fully saturated rings. The number of rotatable bonds is 5. The third-order valence-electron chi connectivity index (χ3n) is 1.61. The summed E-state index contributed by atoms with van der Waals surface area (Å²) in [6, 6.07) is 7.48. The number of benzene rings is 1. The van der Waals surface area contributed by atoms with Crippen molar-refractivity contribution >= 4 is 18.0 Å². The molecule has 70 valence electrons. The van der Waals surface area contributed by atoms with Gasteiger partial charge in [0.05, 0.1) is 0 Å². The number of hydrogen-bond donors (Lipinski definition) is 1. The van der Waals surface area contributed by atoms with Gasteiger partial charge in [0.1, 0.15) is 0 Å². The van der Waals surface area contributed by atoms with Gasteiger partial charge in [0.25, 0.3) is 0 Å². The Morgan fingerprint density at radius 1 is 1.38 bits per heavy atom. The van der Waals surface area contributed by atoms with Gasteiger partial charge in [-0.1, -0.05) is 18.2 Å². The number of aldehydes is 1. The second-order valence-electron chi connectivity index (χ2n) is 2.58. The Balaban J connectivity index is 2.59. The molecule has 0 aromatic heterocycles. The van der Waals surface area contributed by atoms with Crippen molar-refractivity contribution < 1.29 is 9.90 Å². The first-order chi connectivity index (χ1) is 6.38. The van der Waals surface area contributed by atoms with Crippen LogP contribution in [-0.4, -0.2) is 23.8 Å². The normalized spacial score (nSPS) is 9.92. The molecule has 1 aromatic rings. The fourth-order valence-electron chi connectivity index (χ4n) is 0.956. The number of aliphatic hydroxyl groups is 1. The lowest BCUT2D eigenvalue weighted by molar-refractivity contribution is 0.112. The Morgan fingerprint density at radius 3 is 2.85 bits per heavy atom. The highest BCUT2D eigenvalue weighted by atomic mass is 32.2. The maximum Gasteiger partial charge on any atom is 0.151 e. The van der Waals surface area contributed by atoms with E-state index in [1.54, 1.807) is 17.8 Å². The van der Waals surface area contributed by atoms with E-state index in [-0.39, 0.29) is 6.61 Å². The number of carbonyl (C=O) groups is 1. The third kappa shape index (κ3) is 3.20. The molecule has 0 heterocycles. The van der Waals surface area contributed by atoms with Gasteiger partial charge in [-0.15, -0.1) is 11.8 Å². The summed E-state index contributed by atoms with van der Waals surface area (Å²) >= 11 is 1.60. The van der Waals surface area contributed by atoms with Gasteiger partial charge in [-0.05, 0) is 12.5 Å². The number of hydrogen-bond acceptors (Lipinski definition) is 3. The van der Waals surface area contributed by atoms with Crippen molar-refractivity contribution in [3.05, 3.63) is 29.8 Å². The van der Waals surface area contributed by atoms with Crippen molar-refractivity contribution in [2.45, 2.75) is 11.3 Å². The van der Waals surface area contributed by atoms with E-state index in [9.17, 15) is 4.79 Å². The Hall–Kier alpha value is -0.800. The molecule has 0 saturated carbocycles. The second-order valence-corrected chi connectivity index (χ2v) is 3.72. The van der Waals surface area contributed by atoms with Crippen molar-refractivity contribution in [3.63, 3.8) is 0 Å². The van der Waals surface area contributed by atoms with E-state index >= 15 is 0 Å². The fraction of sp³-hybridized carbons (Fsp3) is 0.300. The van der Waals surface area contributed by atoms with Crippen LogP contribution in [0, 0.1) is 0 Å². The first-order valence-electron chi connectivity index (χ1n) is 4.16. The van der Waals surface area contributed by atoms with Gasteiger partial charge in [-0.2, -0.15) is 0 Å². The Bertz CT molecular complexity index is 273. The number of carbonyl (C=O) groups excluding carboxylic acids is 1. The van der Waals surface area contributed by atoms with E-state index in [2.05, 4.69) is 0 Å². The molecule has 0 bridgehead atoms. The van der Waals surface area contributed by atoms with Crippen LogP contribution in [0.4, 0.5) is 0 Å². The van der Waals surface area contributed by atoms with Crippen LogP contribution in [0.15, 0.2) is 29.2 Å². The summed E-state index contributed by atoms with van der Waals surface area (Å²) in [4.78, 5) is 11.6. The lowest BCUT2D eigenvalue weighted by Gasteiger charge is -2.02. The minimum Gasteiger partial charge on any atom is -0.396 e. The van der Waals surface area contributed by atoms with Gasteiger partial charge >= 0.3 is 0 Å². The highest BCUT2D eigenvalue weighted by molar-refractivity contribution is 7.99. The highest BCUT2D eigenvalue weighted by Gasteiger charge is 1.99. The van der Waals surface area contributed by atoms with Crippen LogP contribution in [0.25, 0.3) is 0 Å². The Labute approximate surface area is 82.0 Å². The molecular weight excluding hydrogens is 184 g/mol. The van der Waals surface area contributed by atoms with E-state index < -0.39 is 0 Å². The Morgan fingerprint density at radius 2 is 2.15 bits per heavy atom. The molecule has 3 heteroatoms. The zero-order valence-electron chi connectivity index (χ0n) is 7.27. The summed E-state index contributed by atoms with van der Waals surface area (Å²) in [5, 5.41) is 8.59. The average molecular weight is 196 g/mol. The van der Waals surface area contributed by atoms with Crippen molar-refractivity contribution in [2.75, 3.05) is 12.4 Å². The van der Waals surface area contributed by atoms with Crippen LogP contribution in [0.2, 0.25) is 0 Å². The van der Waals surface area contributed by atoms with Crippen molar-refractivity contribution in [1.29, 1.82) is 0 Å². The van der Waals surface area contributed by atoms with Crippen molar-refractivity contribution in [3.8, 4) is 0 Å². The largest absolute Gasteiger partial charge is 0.396 e. The van der Waals surface area contributed by atoms with Gasteiger partial charge in [-0.3, -0.25) is 4.79 Å². The summed E-state index contributed by atoms with van der Waals surface area (Å²) in [5.74, 6) is 0.849. The monoisotopic (exact) mass is 196 g/mol. The van der Waals surface area contributed by atoms with Gasteiger partial charge in [0.2, 0.25) is 0 Å². The minimum atomic E-state index is 0.205. The highest BCUT2D eigenvalue weighted by Crippen LogP contribution is 2.21. The van der Waals surface area contributed by atoms with Gasteiger partial charge in [0, 0.05) is 22.8 Å². The van der Waals surface area contributed by atoms with E-state index in [4.69, 9.17) is 5.11 Å². The lowest BCUT2D eigenvalue weighted by atomic mass is 10.2. The predicted molar refractivity (Wildman–Crippen MR) is 54.3 cm³/mol. The maximum atomic E-state index is 10.6. The lowest BCUT2D eigenvalue weighted by Crippen LogP contribution is -1.88. The molecule has 0 aliphatic heterocycles. The molecule has 0 radical (unpaired) electrons. The van der Waals surface area contributed by atoms with Crippen LogP contribution in [0.3, 0.4) is 0 Å². The van der Waals surface area contributed by atoms with Crippen LogP contribution in [0.5, 0.6) is 0 Å². The molecule has 0 aliphatic rings. The second kappa shape index (κ2) is 5.78. The molecule has 0 unspecified atom stereocenters. The standard InChI is InChI=1S/C10H12O2S/c11-6-3-7-13-10-5-2-1-4-9(10)8-12/h1-2,4-5,8,11H,3,6-7H2. The molecule has 0 amide bonds. The van der Waals surface area contributed by atoms with Gasteiger partial charge in [0.15, 0.2) is 6.29 Å². The van der Waals surface area contributed by atoms with Gasteiger partial charge < -0.3 is 5.11 Å². The Kier molecular flexibility index (Phi) is 4.57. The first kappa shape index (κ1) is 10.3. The van der Waals surface area contributed by atoms with Crippen LogP contribution < -0.4 is 0 Å². The SMILES string of the molecule is O=Cc1ccccc1SCCCO. The van der Waals surface area contributed by atoms with Gasteiger partial charge in [-0.25, -0.2) is 0 Å².